The van der Waals surface area contributed by atoms with Crippen LogP contribution in [-0.4, -0.2) is 21.0 Å². The lowest BCUT2D eigenvalue weighted by atomic mass is 10.1. The van der Waals surface area contributed by atoms with E-state index in [0.717, 1.165) is 12.8 Å². The highest BCUT2D eigenvalue weighted by molar-refractivity contribution is 7.89. The fourth-order valence-electron chi connectivity index (χ4n) is 2.03. The van der Waals surface area contributed by atoms with E-state index in [4.69, 9.17) is 11.0 Å². The van der Waals surface area contributed by atoms with Gasteiger partial charge in [0.2, 0.25) is 10.0 Å². The van der Waals surface area contributed by atoms with Gasteiger partial charge in [0, 0.05) is 12.6 Å². The quantitative estimate of drug-likeness (QED) is 0.856. The zero-order chi connectivity index (χ0) is 14.0. The predicted molar refractivity (Wildman–Crippen MR) is 79.0 cm³/mol. The zero-order valence-corrected chi connectivity index (χ0v) is 12.8. The van der Waals surface area contributed by atoms with Crippen LogP contribution in [0.3, 0.4) is 0 Å². The summed E-state index contributed by atoms with van der Waals surface area (Å²) in [6, 6.07) is 6.32. The van der Waals surface area contributed by atoms with E-state index in [-0.39, 0.29) is 23.3 Å². The molecule has 2 rings (SSSR count). The molecule has 1 saturated carbocycles. The Bertz CT molecular complexity index is 621. The summed E-state index contributed by atoms with van der Waals surface area (Å²) in [5, 5.41) is 8.85. The molecule has 0 aromatic heterocycles. The number of nitrogens with one attached hydrogen (secondary N) is 1. The van der Waals surface area contributed by atoms with Crippen LogP contribution in [0.1, 0.15) is 24.0 Å². The molecule has 110 valence electrons. The van der Waals surface area contributed by atoms with Crippen molar-refractivity contribution in [1.29, 1.82) is 5.26 Å². The van der Waals surface area contributed by atoms with Crippen LogP contribution in [0.2, 0.25) is 0 Å². The lowest BCUT2D eigenvalue weighted by Gasteiger charge is -2.16. The molecule has 0 spiro atoms. The number of nitrogens with two attached hydrogens (primary N) is 1. The van der Waals surface area contributed by atoms with Crippen molar-refractivity contribution < 1.29 is 8.42 Å². The minimum absolute atomic E-state index is 0. The van der Waals surface area contributed by atoms with Crippen molar-refractivity contribution in [2.24, 2.45) is 11.7 Å². The van der Waals surface area contributed by atoms with Crippen molar-refractivity contribution in [2.75, 3.05) is 6.54 Å². The molecule has 1 unspecified atom stereocenters. The van der Waals surface area contributed by atoms with Crippen molar-refractivity contribution in [1.82, 2.24) is 4.72 Å². The fraction of sp³-hybridized carbons (Fsp3) is 0.462. The van der Waals surface area contributed by atoms with Crippen LogP contribution in [0.15, 0.2) is 23.1 Å². The number of halogens is 1. The molecule has 5 nitrogen and oxygen atoms in total. The molecule has 7 heteroatoms. The van der Waals surface area contributed by atoms with E-state index in [0.29, 0.717) is 23.6 Å². The van der Waals surface area contributed by atoms with Crippen LogP contribution in [0, 0.1) is 24.2 Å². The van der Waals surface area contributed by atoms with Gasteiger partial charge < -0.3 is 5.73 Å². The Labute approximate surface area is 125 Å². The second-order valence-electron chi connectivity index (χ2n) is 4.89. The zero-order valence-electron chi connectivity index (χ0n) is 11.2. The minimum atomic E-state index is -3.56. The number of rotatable bonds is 5. The van der Waals surface area contributed by atoms with E-state index in [1.807, 2.05) is 6.07 Å². The molecule has 20 heavy (non-hydrogen) atoms. The Kier molecular flexibility index (Phi) is 5.54. The molecule has 1 aromatic rings. The third-order valence-electron chi connectivity index (χ3n) is 3.38. The average molecular weight is 316 g/mol. The first-order valence-electron chi connectivity index (χ1n) is 6.21. The molecule has 0 heterocycles. The van der Waals surface area contributed by atoms with Gasteiger partial charge in [0.1, 0.15) is 0 Å². The van der Waals surface area contributed by atoms with Gasteiger partial charge in [0.15, 0.2) is 0 Å². The van der Waals surface area contributed by atoms with Gasteiger partial charge in [-0.05, 0) is 49.4 Å². The summed E-state index contributed by atoms with van der Waals surface area (Å²) in [5.74, 6) is 0.360. The number of aryl methyl sites for hydroxylation is 1. The van der Waals surface area contributed by atoms with E-state index >= 15 is 0 Å². The van der Waals surface area contributed by atoms with Crippen molar-refractivity contribution in [2.45, 2.75) is 30.7 Å². The third kappa shape index (κ3) is 3.70. The fourth-order valence-corrected chi connectivity index (χ4v) is 3.43. The Morgan fingerprint density at radius 2 is 2.15 bits per heavy atom. The molecular formula is C13H18ClN3O2S. The number of sulfonamides is 1. The molecule has 0 aliphatic heterocycles. The van der Waals surface area contributed by atoms with Gasteiger partial charge in [-0.3, -0.25) is 0 Å². The first-order chi connectivity index (χ1) is 8.97. The third-order valence-corrected chi connectivity index (χ3v) is 4.87. The Morgan fingerprint density at radius 3 is 2.60 bits per heavy atom. The first kappa shape index (κ1) is 16.9. The van der Waals surface area contributed by atoms with Crippen molar-refractivity contribution in [3.63, 3.8) is 0 Å². The van der Waals surface area contributed by atoms with E-state index in [9.17, 15) is 8.42 Å². The average Bonchev–Trinajstić information content (AvgIpc) is 3.20. The normalized spacial score (nSPS) is 16.1. The maximum absolute atomic E-state index is 12.2. The number of nitriles is 1. The van der Waals surface area contributed by atoms with Crippen LogP contribution < -0.4 is 10.5 Å². The van der Waals surface area contributed by atoms with Crippen LogP contribution in [0.5, 0.6) is 0 Å². The van der Waals surface area contributed by atoms with Crippen LogP contribution in [0.4, 0.5) is 0 Å². The monoisotopic (exact) mass is 315 g/mol. The summed E-state index contributed by atoms with van der Waals surface area (Å²) < 4.78 is 27.1. The van der Waals surface area contributed by atoms with Crippen molar-refractivity contribution >= 4 is 22.4 Å². The molecule has 0 bridgehead atoms. The van der Waals surface area contributed by atoms with Gasteiger partial charge in [-0.2, -0.15) is 5.26 Å². The second-order valence-corrected chi connectivity index (χ2v) is 6.60. The van der Waals surface area contributed by atoms with E-state index < -0.39 is 10.0 Å². The lowest BCUT2D eigenvalue weighted by molar-refractivity contribution is 0.519. The van der Waals surface area contributed by atoms with E-state index in [1.54, 1.807) is 6.92 Å². The highest BCUT2D eigenvalue weighted by atomic mass is 35.5. The molecule has 1 aromatic carbocycles. The van der Waals surface area contributed by atoms with Gasteiger partial charge >= 0.3 is 0 Å². The summed E-state index contributed by atoms with van der Waals surface area (Å²) in [4.78, 5) is 0.183. The summed E-state index contributed by atoms with van der Waals surface area (Å²) in [6.45, 7) is 2.03. The summed E-state index contributed by atoms with van der Waals surface area (Å²) in [5.41, 5.74) is 6.74. The molecule has 1 fully saturated rings. The van der Waals surface area contributed by atoms with Crippen LogP contribution >= 0.6 is 12.4 Å². The highest BCUT2D eigenvalue weighted by Gasteiger charge is 2.33. The van der Waals surface area contributed by atoms with Crippen LogP contribution in [-0.2, 0) is 10.0 Å². The second kappa shape index (κ2) is 6.55. The highest BCUT2D eigenvalue weighted by Crippen LogP contribution is 2.32. The van der Waals surface area contributed by atoms with Gasteiger partial charge in [0.05, 0.1) is 16.5 Å². The maximum Gasteiger partial charge on any atom is 0.240 e. The topological polar surface area (TPSA) is 96.0 Å². The molecule has 1 aliphatic carbocycles. The smallest absolute Gasteiger partial charge is 0.240 e. The number of hydrogen-bond donors (Lipinski definition) is 2. The molecule has 3 N–H and O–H groups in total. The van der Waals surface area contributed by atoms with E-state index in [1.165, 1.54) is 18.2 Å². The molecule has 1 atom stereocenters. The predicted octanol–water partition coefficient (Wildman–Crippen LogP) is 1.30. The number of nitrogens with zero attached hydrogens (tertiary/aromatic N) is 1. The summed E-state index contributed by atoms with van der Waals surface area (Å²) in [7, 11) is -3.56. The molecule has 0 radical (unpaired) electrons. The Hall–Kier alpha value is -1.13. The number of benzene rings is 1. The molecular weight excluding hydrogens is 298 g/mol. The maximum atomic E-state index is 12.2. The summed E-state index contributed by atoms with van der Waals surface area (Å²) >= 11 is 0. The summed E-state index contributed by atoms with van der Waals surface area (Å²) in [6.07, 6.45) is 2.05. The minimum Gasteiger partial charge on any atom is -0.329 e. The van der Waals surface area contributed by atoms with Gasteiger partial charge in [-0.15, -0.1) is 12.4 Å². The standard InChI is InChI=1S/C13H17N3O2S.ClH/c1-9-6-12(5-4-11(9)7-14)19(17,18)16-13(8-15)10-2-3-10;/h4-6,10,13,16H,2-3,8,15H2,1H3;1H. The van der Waals surface area contributed by atoms with Crippen LogP contribution in [0.25, 0.3) is 0 Å². The molecule has 0 amide bonds. The van der Waals surface area contributed by atoms with Crippen molar-refractivity contribution in [3.8, 4) is 6.07 Å². The lowest BCUT2D eigenvalue weighted by Crippen LogP contribution is -2.41. The van der Waals surface area contributed by atoms with Gasteiger partial charge in [-0.1, -0.05) is 0 Å². The Balaban J connectivity index is 0.00000200. The number of hydrogen-bond acceptors (Lipinski definition) is 4. The largest absolute Gasteiger partial charge is 0.329 e. The Morgan fingerprint density at radius 1 is 1.50 bits per heavy atom. The molecule has 1 aliphatic rings. The van der Waals surface area contributed by atoms with Crippen molar-refractivity contribution in [3.05, 3.63) is 29.3 Å². The van der Waals surface area contributed by atoms with E-state index in [2.05, 4.69) is 4.72 Å². The molecule has 0 saturated heterocycles. The van der Waals surface area contributed by atoms with Gasteiger partial charge in [-0.25, -0.2) is 13.1 Å². The first-order valence-corrected chi connectivity index (χ1v) is 7.69. The SMILES string of the molecule is Cc1cc(S(=O)(=O)NC(CN)C2CC2)ccc1C#N.Cl. The van der Waals surface area contributed by atoms with Gasteiger partial charge in [0.25, 0.3) is 0 Å².